The molecule has 0 bridgehead atoms. The van der Waals surface area contributed by atoms with E-state index in [2.05, 4.69) is 54.5 Å². The van der Waals surface area contributed by atoms with Gasteiger partial charge in [-0.15, -0.1) is 0 Å². The van der Waals surface area contributed by atoms with Crippen LogP contribution in [0.3, 0.4) is 0 Å². The zero-order chi connectivity index (χ0) is 25.1. The topological polar surface area (TPSA) is 57.5 Å². The van der Waals surface area contributed by atoms with Crippen LogP contribution in [0.2, 0.25) is 0 Å². The molecule has 0 heterocycles. The largest absolute Gasteiger partial charge is 0.481 e. The van der Waals surface area contributed by atoms with Crippen molar-refractivity contribution < 1.29 is 15.0 Å². The standard InChI is InChI=1S/C31H52O3/c1-20(2)9-8-10-21(3)22-14-18-31(19-27(33)34)24-11-12-25-28(4,5)26(32)15-16-29(25,6)23(24)13-17-30(22,31)7/h11,20-23,25-26,32H,8-10,12-19H2,1-7H3,(H,33,34)/t21-,22-,23+,25?,26+,29-,30-,31-/m1/s1. The Kier molecular flexibility index (Phi) is 6.89. The molecule has 2 N–H and O–H groups in total. The van der Waals surface area contributed by atoms with Crippen LogP contribution < -0.4 is 0 Å². The van der Waals surface area contributed by atoms with Gasteiger partial charge in [0.25, 0.3) is 0 Å². The van der Waals surface area contributed by atoms with Crippen LogP contribution >= 0.6 is 0 Å². The molecule has 0 spiro atoms. The quantitative estimate of drug-likeness (QED) is 0.371. The summed E-state index contributed by atoms with van der Waals surface area (Å²) in [6.45, 7) is 16.6. The van der Waals surface area contributed by atoms with Crippen molar-refractivity contribution >= 4 is 5.97 Å². The van der Waals surface area contributed by atoms with E-state index in [0.717, 1.165) is 38.0 Å². The summed E-state index contributed by atoms with van der Waals surface area (Å²) in [4.78, 5) is 12.4. The zero-order valence-corrected chi connectivity index (χ0v) is 23.1. The highest BCUT2D eigenvalue weighted by atomic mass is 16.4. The van der Waals surface area contributed by atoms with Crippen LogP contribution in [0.15, 0.2) is 11.6 Å². The predicted octanol–water partition coefficient (Wildman–Crippen LogP) is 7.87. The lowest BCUT2D eigenvalue weighted by Gasteiger charge is -2.64. The van der Waals surface area contributed by atoms with Crippen molar-refractivity contribution in [1.29, 1.82) is 0 Å². The van der Waals surface area contributed by atoms with Crippen molar-refractivity contribution in [2.45, 2.75) is 125 Å². The van der Waals surface area contributed by atoms with E-state index in [0.29, 0.717) is 30.1 Å². The monoisotopic (exact) mass is 472 g/mol. The SMILES string of the molecule is CC(C)CCC[C@@H](C)[C@H]1CC[C@@]2(CC(=O)O)C3=CCC4C(C)(C)[C@@H](O)CC[C@]4(C)[C@H]3CC[C@]12C. The normalized spacial score (nSPS) is 44.1. The van der Waals surface area contributed by atoms with Gasteiger partial charge < -0.3 is 10.2 Å². The number of hydrogen-bond acceptors (Lipinski definition) is 2. The van der Waals surface area contributed by atoms with Crippen molar-refractivity contribution in [3.05, 3.63) is 11.6 Å². The van der Waals surface area contributed by atoms with Gasteiger partial charge in [0, 0.05) is 5.41 Å². The van der Waals surface area contributed by atoms with Gasteiger partial charge in [-0.2, -0.15) is 0 Å². The van der Waals surface area contributed by atoms with Crippen molar-refractivity contribution in [3.8, 4) is 0 Å². The smallest absolute Gasteiger partial charge is 0.304 e. The Morgan fingerprint density at radius 1 is 1.03 bits per heavy atom. The van der Waals surface area contributed by atoms with Crippen LogP contribution in [0.4, 0.5) is 0 Å². The van der Waals surface area contributed by atoms with E-state index in [1.165, 1.54) is 37.7 Å². The Bertz CT molecular complexity index is 811. The number of carboxylic acid groups (broad SMARTS) is 1. The molecule has 0 aromatic rings. The van der Waals surface area contributed by atoms with Gasteiger partial charge in [0.1, 0.15) is 0 Å². The maximum absolute atomic E-state index is 12.4. The molecule has 0 amide bonds. The number of carbonyl (C=O) groups is 1. The Labute approximate surface area is 209 Å². The fraction of sp³-hybridized carbons (Fsp3) is 0.903. The van der Waals surface area contributed by atoms with Crippen LogP contribution in [0.1, 0.15) is 119 Å². The first kappa shape index (κ1) is 26.2. The highest BCUT2D eigenvalue weighted by Crippen LogP contribution is 2.74. The maximum atomic E-state index is 12.4. The van der Waals surface area contributed by atoms with Crippen LogP contribution in [-0.2, 0) is 4.79 Å². The average Bonchev–Trinajstić information content (AvgIpc) is 3.03. The second-order valence-electron chi connectivity index (χ2n) is 14.4. The van der Waals surface area contributed by atoms with E-state index in [1.54, 1.807) is 0 Å². The van der Waals surface area contributed by atoms with Crippen LogP contribution in [0, 0.1) is 51.2 Å². The summed E-state index contributed by atoms with van der Waals surface area (Å²) in [7, 11) is 0. The van der Waals surface area contributed by atoms with Crippen LogP contribution in [0.25, 0.3) is 0 Å². The Morgan fingerprint density at radius 2 is 1.74 bits per heavy atom. The number of hydrogen-bond donors (Lipinski definition) is 2. The highest BCUT2D eigenvalue weighted by molar-refractivity contribution is 5.69. The molecule has 1 unspecified atom stereocenters. The number of allylic oxidation sites excluding steroid dienone is 2. The first-order valence-corrected chi connectivity index (χ1v) is 14.4. The van der Waals surface area contributed by atoms with Crippen molar-refractivity contribution in [1.82, 2.24) is 0 Å². The maximum Gasteiger partial charge on any atom is 0.304 e. The first-order valence-electron chi connectivity index (χ1n) is 14.4. The van der Waals surface area contributed by atoms with Crippen molar-refractivity contribution in [3.63, 3.8) is 0 Å². The molecule has 4 aliphatic carbocycles. The van der Waals surface area contributed by atoms with E-state index in [-0.39, 0.29) is 27.8 Å². The minimum absolute atomic E-state index is 0.0812. The van der Waals surface area contributed by atoms with Crippen molar-refractivity contribution in [2.24, 2.45) is 51.2 Å². The Hall–Kier alpha value is -0.830. The third-order valence-electron chi connectivity index (χ3n) is 12.1. The zero-order valence-electron chi connectivity index (χ0n) is 23.1. The second kappa shape index (κ2) is 8.93. The molecule has 3 saturated carbocycles. The molecular weight excluding hydrogens is 420 g/mol. The van der Waals surface area contributed by atoms with Gasteiger partial charge in [-0.05, 0) is 90.8 Å². The van der Waals surface area contributed by atoms with Gasteiger partial charge in [0.2, 0.25) is 0 Å². The Balaban J connectivity index is 1.70. The van der Waals surface area contributed by atoms with Gasteiger partial charge in [-0.3, -0.25) is 4.79 Å². The molecule has 4 aliphatic rings. The van der Waals surface area contributed by atoms with Crippen molar-refractivity contribution in [2.75, 3.05) is 0 Å². The highest BCUT2D eigenvalue weighted by Gasteiger charge is 2.67. The summed E-state index contributed by atoms with van der Waals surface area (Å²) in [5, 5.41) is 21.0. The summed E-state index contributed by atoms with van der Waals surface area (Å²) >= 11 is 0. The third kappa shape index (κ3) is 3.82. The summed E-state index contributed by atoms with van der Waals surface area (Å²) < 4.78 is 0. The molecule has 3 fully saturated rings. The minimum Gasteiger partial charge on any atom is -0.481 e. The molecule has 8 atom stereocenters. The predicted molar refractivity (Wildman–Crippen MR) is 139 cm³/mol. The number of fused-ring (bicyclic) bond motifs is 5. The summed E-state index contributed by atoms with van der Waals surface area (Å²) in [5.41, 5.74) is 1.50. The van der Waals surface area contributed by atoms with Crippen LogP contribution in [-0.4, -0.2) is 22.3 Å². The lowest BCUT2D eigenvalue weighted by molar-refractivity contribution is -0.149. The van der Waals surface area contributed by atoms with Gasteiger partial charge in [-0.25, -0.2) is 0 Å². The molecule has 4 rings (SSSR count). The van der Waals surface area contributed by atoms with Gasteiger partial charge >= 0.3 is 5.97 Å². The number of aliphatic carboxylic acids is 1. The van der Waals surface area contributed by atoms with E-state index in [4.69, 9.17) is 0 Å². The van der Waals surface area contributed by atoms with Crippen LogP contribution in [0.5, 0.6) is 0 Å². The molecule has 0 aliphatic heterocycles. The molecule has 194 valence electrons. The summed E-state index contributed by atoms with van der Waals surface area (Å²) in [6, 6.07) is 0. The summed E-state index contributed by atoms with van der Waals surface area (Å²) in [5.74, 6) is 2.36. The lowest BCUT2D eigenvalue weighted by Crippen LogP contribution is -2.58. The number of aliphatic hydroxyl groups excluding tert-OH is 1. The van der Waals surface area contributed by atoms with Gasteiger partial charge in [0.15, 0.2) is 0 Å². The first-order chi connectivity index (χ1) is 15.8. The molecular formula is C31H52O3. The molecule has 0 aromatic carbocycles. The van der Waals surface area contributed by atoms with E-state index in [1.807, 2.05) is 0 Å². The molecule has 3 nitrogen and oxygen atoms in total. The number of carboxylic acids is 1. The van der Waals surface area contributed by atoms with Gasteiger partial charge in [0.05, 0.1) is 12.5 Å². The lowest BCUT2D eigenvalue weighted by atomic mass is 9.40. The molecule has 34 heavy (non-hydrogen) atoms. The second-order valence-corrected chi connectivity index (χ2v) is 14.4. The third-order valence-corrected chi connectivity index (χ3v) is 12.1. The molecule has 0 radical (unpaired) electrons. The van der Waals surface area contributed by atoms with E-state index < -0.39 is 5.97 Å². The van der Waals surface area contributed by atoms with E-state index >= 15 is 0 Å². The number of rotatable bonds is 7. The minimum atomic E-state index is -0.618. The molecule has 3 heteroatoms. The van der Waals surface area contributed by atoms with Gasteiger partial charge in [-0.1, -0.05) is 79.4 Å². The Morgan fingerprint density at radius 3 is 2.38 bits per heavy atom. The molecule has 0 saturated heterocycles. The molecule has 0 aromatic heterocycles. The fourth-order valence-corrected chi connectivity index (χ4v) is 10.1. The number of aliphatic hydroxyl groups is 1. The fourth-order valence-electron chi connectivity index (χ4n) is 10.1. The van der Waals surface area contributed by atoms with E-state index in [9.17, 15) is 15.0 Å². The summed E-state index contributed by atoms with van der Waals surface area (Å²) in [6.07, 6.45) is 14.0. The average molecular weight is 473 g/mol.